The van der Waals surface area contributed by atoms with Gasteiger partial charge in [0.15, 0.2) is 0 Å². The average molecular weight is 513 g/mol. The van der Waals surface area contributed by atoms with Crippen LogP contribution in [0.15, 0.2) is 89.2 Å². The molecule has 3 aromatic heterocycles. The van der Waals surface area contributed by atoms with Crippen LogP contribution in [-0.2, 0) is 11.3 Å². The molecule has 0 aliphatic heterocycles. The fourth-order valence-electron chi connectivity index (χ4n) is 4.42. The molecule has 0 saturated carbocycles. The molecule has 37 heavy (non-hydrogen) atoms. The molecule has 0 unspecified atom stereocenters. The predicted octanol–water partition coefficient (Wildman–Crippen LogP) is 5.87. The summed E-state index contributed by atoms with van der Waals surface area (Å²) in [5.74, 6) is 0.624. The summed E-state index contributed by atoms with van der Waals surface area (Å²) in [6.45, 7) is 3.92. The van der Waals surface area contributed by atoms with E-state index in [1.807, 2.05) is 85.1 Å². The molecule has 7 heteroatoms. The predicted molar refractivity (Wildman–Crippen MR) is 149 cm³/mol. The normalized spacial score (nSPS) is 11.2. The summed E-state index contributed by atoms with van der Waals surface area (Å²) >= 11 is 1.53. The molecule has 188 valence electrons. The second kappa shape index (κ2) is 11.0. The van der Waals surface area contributed by atoms with Gasteiger partial charge in [0.2, 0.25) is 0 Å². The zero-order valence-corrected chi connectivity index (χ0v) is 21.7. The van der Waals surface area contributed by atoms with Crippen molar-refractivity contribution in [3.05, 3.63) is 106 Å². The number of thiophene rings is 1. The molecular formula is C30H28N2O4S. The Bertz CT molecular complexity index is 1590. The lowest BCUT2D eigenvalue weighted by Crippen LogP contribution is -2.34. The second-order valence-electron chi connectivity index (χ2n) is 8.69. The minimum Gasteiger partial charge on any atom is -0.489 e. The molecule has 3 heterocycles. The van der Waals surface area contributed by atoms with Crippen LogP contribution in [0.25, 0.3) is 26.7 Å². The van der Waals surface area contributed by atoms with E-state index in [9.17, 15) is 9.59 Å². The number of amides is 1. The lowest BCUT2D eigenvalue weighted by atomic mass is 10.1. The number of nitrogens with zero attached hydrogens (tertiary/aromatic N) is 2. The maximum atomic E-state index is 13.7. The van der Waals surface area contributed by atoms with E-state index in [4.69, 9.17) is 9.47 Å². The Balaban J connectivity index is 1.50. The molecular weight excluding hydrogens is 484 g/mol. The molecule has 0 fully saturated rings. The van der Waals surface area contributed by atoms with Crippen LogP contribution >= 0.6 is 11.3 Å². The Morgan fingerprint density at radius 2 is 1.78 bits per heavy atom. The summed E-state index contributed by atoms with van der Waals surface area (Å²) < 4.78 is 13.6. The van der Waals surface area contributed by atoms with Crippen molar-refractivity contribution in [2.45, 2.75) is 13.5 Å². The summed E-state index contributed by atoms with van der Waals surface area (Å²) in [5, 5.41) is 2.82. The van der Waals surface area contributed by atoms with Crippen LogP contribution in [0.4, 0.5) is 0 Å². The molecule has 0 saturated heterocycles. The standard InChI is InChI=1S/C30H28N2O4S/c1-3-31(16-17-35-2)29(33)26-19-32-27(28-25(26)15-18-37-28)14-13-24(30(32)34)22-9-11-23(12-10-22)36-20-21-7-5-4-6-8-21/h4-15,18-19H,3,16-17,20H2,1-2H3. The second-order valence-corrected chi connectivity index (χ2v) is 9.61. The summed E-state index contributed by atoms with van der Waals surface area (Å²) in [6, 6.07) is 23.3. The molecule has 2 aromatic carbocycles. The van der Waals surface area contributed by atoms with E-state index >= 15 is 0 Å². The molecule has 5 rings (SSSR count). The maximum absolute atomic E-state index is 13.7. The molecule has 6 nitrogen and oxygen atoms in total. The van der Waals surface area contributed by atoms with Crippen molar-refractivity contribution in [3.8, 4) is 16.9 Å². The van der Waals surface area contributed by atoms with Crippen molar-refractivity contribution in [3.63, 3.8) is 0 Å². The molecule has 0 bridgehead atoms. The quantitative estimate of drug-likeness (QED) is 0.248. The summed E-state index contributed by atoms with van der Waals surface area (Å²) in [4.78, 5) is 28.9. The zero-order valence-electron chi connectivity index (χ0n) is 20.8. The molecule has 0 aliphatic carbocycles. The number of likely N-dealkylation sites (N-methyl/N-ethyl adjacent to an activating group) is 1. The van der Waals surface area contributed by atoms with Crippen LogP contribution in [-0.4, -0.2) is 42.0 Å². The van der Waals surface area contributed by atoms with E-state index in [0.717, 1.165) is 32.5 Å². The van der Waals surface area contributed by atoms with Gasteiger partial charge in [-0.2, -0.15) is 0 Å². The summed E-state index contributed by atoms with van der Waals surface area (Å²) in [5.41, 5.74) is 3.59. The van der Waals surface area contributed by atoms with E-state index in [2.05, 4.69) is 0 Å². The first-order valence-corrected chi connectivity index (χ1v) is 13.1. The number of fused-ring (bicyclic) bond motifs is 3. The van der Waals surface area contributed by atoms with Crippen LogP contribution in [0.2, 0.25) is 0 Å². The number of carbonyl (C=O) groups is 1. The number of ether oxygens (including phenoxy) is 2. The molecule has 0 spiro atoms. The highest BCUT2D eigenvalue weighted by molar-refractivity contribution is 7.18. The summed E-state index contributed by atoms with van der Waals surface area (Å²) in [6.07, 6.45) is 1.69. The molecule has 0 N–H and O–H groups in total. The van der Waals surface area contributed by atoms with Crippen molar-refractivity contribution >= 4 is 32.8 Å². The monoisotopic (exact) mass is 512 g/mol. The van der Waals surface area contributed by atoms with Gasteiger partial charge in [-0.3, -0.25) is 14.0 Å². The lowest BCUT2D eigenvalue weighted by Gasteiger charge is -2.21. The van der Waals surface area contributed by atoms with Crippen LogP contribution in [0, 0.1) is 0 Å². The Hall–Kier alpha value is -3.94. The van der Waals surface area contributed by atoms with Gasteiger partial charge >= 0.3 is 0 Å². The first kappa shape index (κ1) is 24.7. The number of hydrogen-bond donors (Lipinski definition) is 0. The van der Waals surface area contributed by atoms with Gasteiger partial charge < -0.3 is 14.4 Å². The fraction of sp³-hybridized carbons (Fsp3) is 0.200. The van der Waals surface area contributed by atoms with Crippen molar-refractivity contribution in [1.82, 2.24) is 9.30 Å². The van der Waals surface area contributed by atoms with Crippen molar-refractivity contribution in [2.24, 2.45) is 0 Å². The van der Waals surface area contributed by atoms with E-state index in [1.54, 1.807) is 22.6 Å². The highest BCUT2D eigenvalue weighted by Gasteiger charge is 2.20. The van der Waals surface area contributed by atoms with Gasteiger partial charge in [0.25, 0.3) is 11.5 Å². The van der Waals surface area contributed by atoms with Gasteiger partial charge in [-0.05, 0) is 53.8 Å². The van der Waals surface area contributed by atoms with Gasteiger partial charge in [0, 0.05) is 37.3 Å². The Labute approximate surface area is 219 Å². The first-order valence-electron chi connectivity index (χ1n) is 12.2. The summed E-state index contributed by atoms with van der Waals surface area (Å²) in [7, 11) is 1.62. The van der Waals surface area contributed by atoms with Crippen LogP contribution in [0.1, 0.15) is 22.8 Å². The molecule has 0 atom stereocenters. The fourth-order valence-corrected chi connectivity index (χ4v) is 5.35. The minimum atomic E-state index is -0.167. The van der Waals surface area contributed by atoms with E-state index in [-0.39, 0.29) is 11.5 Å². The van der Waals surface area contributed by atoms with Gasteiger partial charge in [0.05, 0.1) is 22.4 Å². The molecule has 5 aromatic rings. The van der Waals surface area contributed by atoms with E-state index in [1.165, 1.54) is 11.3 Å². The zero-order chi connectivity index (χ0) is 25.8. The number of rotatable bonds is 9. The Morgan fingerprint density at radius 3 is 2.51 bits per heavy atom. The number of hydrogen-bond acceptors (Lipinski definition) is 5. The smallest absolute Gasteiger partial charge is 0.263 e. The van der Waals surface area contributed by atoms with Gasteiger partial charge in [0.1, 0.15) is 12.4 Å². The topological polar surface area (TPSA) is 60.2 Å². The maximum Gasteiger partial charge on any atom is 0.263 e. The molecule has 1 amide bonds. The minimum absolute atomic E-state index is 0.109. The highest BCUT2D eigenvalue weighted by atomic mass is 32.1. The third-order valence-corrected chi connectivity index (χ3v) is 7.38. The Kier molecular flexibility index (Phi) is 7.35. The van der Waals surface area contributed by atoms with Gasteiger partial charge in [-0.25, -0.2) is 0 Å². The molecule has 0 aliphatic rings. The number of pyridine rings is 2. The van der Waals surface area contributed by atoms with Crippen molar-refractivity contribution in [2.75, 3.05) is 26.8 Å². The average Bonchev–Trinajstić information content (AvgIpc) is 3.43. The Morgan fingerprint density at radius 1 is 1.00 bits per heavy atom. The number of carbonyl (C=O) groups excluding carboxylic acids is 1. The SMILES string of the molecule is CCN(CCOC)C(=O)c1cn2c(=O)c(-c3ccc(OCc4ccccc4)cc3)ccc2c2sccc12. The highest BCUT2D eigenvalue weighted by Crippen LogP contribution is 2.30. The molecule has 0 radical (unpaired) electrons. The van der Waals surface area contributed by atoms with E-state index in [0.29, 0.717) is 37.4 Å². The van der Waals surface area contributed by atoms with Crippen LogP contribution < -0.4 is 10.3 Å². The van der Waals surface area contributed by atoms with Crippen LogP contribution in [0.3, 0.4) is 0 Å². The van der Waals surface area contributed by atoms with E-state index < -0.39 is 0 Å². The third kappa shape index (κ3) is 5.01. The number of aromatic nitrogens is 1. The van der Waals surface area contributed by atoms with Crippen molar-refractivity contribution < 1.29 is 14.3 Å². The number of benzene rings is 2. The third-order valence-electron chi connectivity index (χ3n) is 6.44. The van der Waals surface area contributed by atoms with Gasteiger partial charge in [-0.1, -0.05) is 42.5 Å². The lowest BCUT2D eigenvalue weighted by molar-refractivity contribution is 0.0708. The number of methoxy groups -OCH3 is 1. The largest absolute Gasteiger partial charge is 0.489 e. The van der Waals surface area contributed by atoms with Crippen molar-refractivity contribution in [1.29, 1.82) is 0 Å². The van der Waals surface area contributed by atoms with Crippen LogP contribution in [0.5, 0.6) is 5.75 Å². The van der Waals surface area contributed by atoms with Gasteiger partial charge in [-0.15, -0.1) is 11.3 Å². The first-order chi connectivity index (χ1) is 18.1.